The number of hydrogen-bond acceptors (Lipinski definition) is 2. The topological polar surface area (TPSA) is 39.7 Å². The molecule has 2 aliphatic rings. The van der Waals surface area contributed by atoms with Gasteiger partial charge in [-0.3, -0.25) is 0 Å². The molecule has 0 spiro atoms. The number of rotatable bonds is 5. The van der Waals surface area contributed by atoms with Crippen LogP contribution in [-0.4, -0.2) is 42.6 Å². The fraction of sp³-hybridized carbons (Fsp3) is 0.611. The van der Waals surface area contributed by atoms with Gasteiger partial charge in [0.2, 0.25) is 0 Å². The molecule has 1 saturated carbocycles. The number of hydrogen-bond donors (Lipinski definition) is 2. The van der Waals surface area contributed by atoms with Crippen molar-refractivity contribution in [2.24, 2.45) is 4.99 Å². The van der Waals surface area contributed by atoms with Gasteiger partial charge < -0.3 is 15.5 Å². The lowest BCUT2D eigenvalue weighted by molar-refractivity contribution is 0.197. The highest BCUT2D eigenvalue weighted by Crippen LogP contribution is 2.29. The molecule has 0 unspecified atom stereocenters. The van der Waals surface area contributed by atoms with Gasteiger partial charge in [-0.25, -0.2) is 9.38 Å². The summed E-state index contributed by atoms with van der Waals surface area (Å²) >= 11 is 3.18. The number of halogens is 3. The van der Waals surface area contributed by atoms with E-state index in [1.165, 1.54) is 32.0 Å². The fourth-order valence-corrected chi connectivity index (χ4v) is 3.42. The third-order valence-electron chi connectivity index (χ3n) is 4.68. The van der Waals surface area contributed by atoms with Gasteiger partial charge in [0.25, 0.3) is 0 Å². The molecule has 1 aliphatic carbocycles. The summed E-state index contributed by atoms with van der Waals surface area (Å²) in [7, 11) is 0. The average Bonchev–Trinajstić information content (AvgIpc) is 3.42. The van der Waals surface area contributed by atoms with Crippen LogP contribution in [0.5, 0.6) is 0 Å². The highest BCUT2D eigenvalue weighted by atomic mass is 127. The third-order valence-corrected chi connectivity index (χ3v) is 5.32. The van der Waals surface area contributed by atoms with Crippen molar-refractivity contribution in [1.29, 1.82) is 0 Å². The summed E-state index contributed by atoms with van der Waals surface area (Å²) in [6.45, 7) is 5.72. The van der Waals surface area contributed by atoms with Crippen LogP contribution in [-0.2, 0) is 6.54 Å². The van der Waals surface area contributed by atoms with Gasteiger partial charge in [0.05, 0.1) is 11.0 Å². The van der Waals surface area contributed by atoms with E-state index in [0.717, 1.165) is 37.0 Å². The van der Waals surface area contributed by atoms with Gasteiger partial charge in [-0.2, -0.15) is 0 Å². The lowest BCUT2D eigenvalue weighted by atomic mass is 10.1. The van der Waals surface area contributed by atoms with Crippen LogP contribution in [0.3, 0.4) is 0 Å². The Balaban J connectivity index is 0.00000225. The first-order chi connectivity index (χ1) is 11.7. The van der Waals surface area contributed by atoms with Gasteiger partial charge >= 0.3 is 0 Å². The van der Waals surface area contributed by atoms with Gasteiger partial charge in [0, 0.05) is 31.7 Å². The molecule has 2 fully saturated rings. The SMILES string of the molecule is CCNC(=NCc1ccc(Br)c(F)c1)NC1CCN(C2CC2)CC1.I. The molecule has 3 rings (SSSR count). The molecule has 0 radical (unpaired) electrons. The molecule has 0 atom stereocenters. The number of nitrogens with one attached hydrogen (secondary N) is 2. The minimum absolute atomic E-state index is 0. The van der Waals surface area contributed by atoms with E-state index in [4.69, 9.17) is 0 Å². The van der Waals surface area contributed by atoms with Crippen molar-refractivity contribution >= 4 is 45.9 Å². The lowest BCUT2D eigenvalue weighted by Crippen LogP contribution is -2.49. The number of aliphatic imine (C=N–C) groups is 1. The minimum atomic E-state index is -0.242. The Kier molecular flexibility index (Phi) is 8.41. The summed E-state index contributed by atoms with van der Waals surface area (Å²) in [5.74, 6) is 0.582. The van der Waals surface area contributed by atoms with Gasteiger partial charge in [-0.1, -0.05) is 6.07 Å². The highest BCUT2D eigenvalue weighted by molar-refractivity contribution is 14.0. The van der Waals surface area contributed by atoms with E-state index in [9.17, 15) is 4.39 Å². The van der Waals surface area contributed by atoms with Crippen LogP contribution < -0.4 is 10.6 Å². The van der Waals surface area contributed by atoms with Crippen molar-refractivity contribution in [2.75, 3.05) is 19.6 Å². The van der Waals surface area contributed by atoms with E-state index in [2.05, 4.69) is 43.4 Å². The molecule has 1 aromatic carbocycles. The zero-order valence-corrected chi connectivity index (χ0v) is 18.5. The van der Waals surface area contributed by atoms with Crippen LogP contribution in [0, 0.1) is 5.82 Å². The van der Waals surface area contributed by atoms with Crippen molar-refractivity contribution < 1.29 is 4.39 Å². The van der Waals surface area contributed by atoms with E-state index in [1.54, 1.807) is 6.07 Å². The van der Waals surface area contributed by atoms with Gasteiger partial charge in [0.1, 0.15) is 5.82 Å². The first-order valence-corrected chi connectivity index (χ1v) is 9.68. The quantitative estimate of drug-likeness (QED) is 0.349. The Morgan fingerprint density at radius 1 is 1.28 bits per heavy atom. The van der Waals surface area contributed by atoms with Gasteiger partial charge in [0.15, 0.2) is 5.96 Å². The van der Waals surface area contributed by atoms with E-state index in [-0.39, 0.29) is 29.8 Å². The second kappa shape index (κ2) is 10.1. The van der Waals surface area contributed by atoms with E-state index < -0.39 is 0 Å². The molecule has 1 saturated heterocycles. The first kappa shape index (κ1) is 20.9. The van der Waals surface area contributed by atoms with Crippen LogP contribution in [0.15, 0.2) is 27.7 Å². The van der Waals surface area contributed by atoms with Crippen molar-refractivity contribution in [2.45, 2.75) is 51.2 Å². The Bertz CT molecular complexity index is 586. The van der Waals surface area contributed by atoms with Crippen molar-refractivity contribution in [3.05, 3.63) is 34.1 Å². The molecule has 4 nitrogen and oxygen atoms in total. The molecule has 7 heteroatoms. The molecule has 25 heavy (non-hydrogen) atoms. The van der Waals surface area contributed by atoms with Crippen LogP contribution in [0.4, 0.5) is 4.39 Å². The number of benzene rings is 1. The second-order valence-corrected chi connectivity index (χ2v) is 7.48. The number of guanidine groups is 1. The predicted molar refractivity (Wildman–Crippen MR) is 115 cm³/mol. The summed E-state index contributed by atoms with van der Waals surface area (Å²) in [6, 6.07) is 6.49. The Morgan fingerprint density at radius 3 is 2.60 bits per heavy atom. The maximum atomic E-state index is 13.6. The zero-order chi connectivity index (χ0) is 16.9. The molecule has 1 aromatic rings. The van der Waals surface area contributed by atoms with Crippen LogP contribution >= 0.6 is 39.9 Å². The summed E-state index contributed by atoms with van der Waals surface area (Å²) in [6.07, 6.45) is 5.08. The normalized spacial score (nSPS) is 19.4. The lowest BCUT2D eigenvalue weighted by Gasteiger charge is -2.33. The molecular formula is C18H27BrFIN4. The number of nitrogens with zero attached hydrogens (tertiary/aromatic N) is 2. The standard InChI is InChI=1S/C18H26BrFN4.HI/c1-2-21-18(22-12-13-3-6-16(19)17(20)11-13)23-14-7-9-24(10-8-14)15-4-5-15;/h3,6,11,14-15H,2,4-5,7-10,12H2,1H3,(H2,21,22,23);1H. The summed E-state index contributed by atoms with van der Waals surface area (Å²) < 4.78 is 14.1. The maximum absolute atomic E-state index is 13.6. The van der Waals surface area contributed by atoms with Crippen molar-refractivity contribution in [3.8, 4) is 0 Å². The molecule has 0 amide bonds. The Hall–Kier alpha value is -0.410. The summed E-state index contributed by atoms with van der Waals surface area (Å²) in [5.41, 5.74) is 0.872. The Morgan fingerprint density at radius 2 is 2.00 bits per heavy atom. The first-order valence-electron chi connectivity index (χ1n) is 8.88. The van der Waals surface area contributed by atoms with Crippen molar-refractivity contribution in [1.82, 2.24) is 15.5 Å². The number of likely N-dealkylation sites (tertiary alicyclic amines) is 1. The van der Waals surface area contributed by atoms with Crippen LogP contribution in [0.25, 0.3) is 0 Å². The fourth-order valence-electron chi connectivity index (χ4n) is 3.17. The summed E-state index contributed by atoms with van der Waals surface area (Å²) in [4.78, 5) is 7.23. The largest absolute Gasteiger partial charge is 0.357 e. The highest BCUT2D eigenvalue weighted by Gasteiger charge is 2.31. The maximum Gasteiger partial charge on any atom is 0.191 e. The Labute approximate surface area is 175 Å². The molecule has 1 aliphatic heterocycles. The second-order valence-electron chi connectivity index (χ2n) is 6.63. The van der Waals surface area contributed by atoms with Gasteiger partial charge in [-0.05, 0) is 66.2 Å². The van der Waals surface area contributed by atoms with Crippen LogP contribution in [0.1, 0.15) is 38.2 Å². The third kappa shape index (κ3) is 6.36. The van der Waals surface area contributed by atoms with E-state index in [0.29, 0.717) is 17.1 Å². The van der Waals surface area contributed by atoms with E-state index >= 15 is 0 Å². The minimum Gasteiger partial charge on any atom is -0.357 e. The smallest absolute Gasteiger partial charge is 0.191 e. The zero-order valence-electron chi connectivity index (χ0n) is 14.6. The summed E-state index contributed by atoms with van der Waals surface area (Å²) in [5, 5.41) is 6.84. The molecule has 0 bridgehead atoms. The molecule has 1 heterocycles. The monoisotopic (exact) mass is 524 g/mol. The number of piperidine rings is 1. The molecule has 2 N–H and O–H groups in total. The van der Waals surface area contributed by atoms with E-state index in [1.807, 2.05) is 6.07 Å². The van der Waals surface area contributed by atoms with Gasteiger partial charge in [-0.15, -0.1) is 24.0 Å². The van der Waals surface area contributed by atoms with Crippen molar-refractivity contribution in [3.63, 3.8) is 0 Å². The molecular weight excluding hydrogens is 498 g/mol. The predicted octanol–water partition coefficient (Wildman–Crippen LogP) is 3.89. The average molecular weight is 525 g/mol. The molecule has 140 valence electrons. The van der Waals surface area contributed by atoms with Crippen LogP contribution in [0.2, 0.25) is 0 Å². The molecule has 0 aromatic heterocycles.